The third-order valence-corrected chi connectivity index (χ3v) is 6.81. The van der Waals surface area contributed by atoms with Crippen LogP contribution < -0.4 is 10.8 Å². The van der Waals surface area contributed by atoms with Gasteiger partial charge in [0.1, 0.15) is 11.6 Å². The first-order chi connectivity index (χ1) is 17.1. The summed E-state index contributed by atoms with van der Waals surface area (Å²) in [6.45, 7) is 9.50. The molecule has 8 heteroatoms. The van der Waals surface area contributed by atoms with Gasteiger partial charge in [0.15, 0.2) is 6.29 Å². The Morgan fingerprint density at radius 3 is 2.47 bits per heavy atom. The molecule has 8 nitrogen and oxygen atoms in total. The standard InChI is InChI=1S/C28H39N3O5/c1-6-8-24(27(34)36-29)30(5)23-12-11-21(22-10-7-9-20(18-32)26(22)23)19-13-15-31(16-14-19)17-25(33)35-28(2,3)4/h7,9-12,18-19,24H,6,8,13-17,29H2,1-5H3. The van der Waals surface area contributed by atoms with E-state index in [4.69, 9.17) is 10.6 Å². The van der Waals surface area contributed by atoms with Gasteiger partial charge in [0.05, 0.1) is 6.54 Å². The summed E-state index contributed by atoms with van der Waals surface area (Å²) >= 11 is 0. The number of likely N-dealkylation sites (N-methyl/N-ethyl adjacent to an activating group) is 1. The predicted molar refractivity (Wildman–Crippen MR) is 141 cm³/mol. The van der Waals surface area contributed by atoms with Crippen LogP contribution in [0.1, 0.15) is 75.2 Å². The van der Waals surface area contributed by atoms with Gasteiger partial charge in [-0.15, -0.1) is 0 Å². The molecule has 2 aromatic rings. The number of carbonyl (C=O) groups excluding carboxylic acids is 3. The van der Waals surface area contributed by atoms with E-state index in [2.05, 4.69) is 15.8 Å². The highest BCUT2D eigenvalue weighted by atomic mass is 16.7. The van der Waals surface area contributed by atoms with E-state index in [-0.39, 0.29) is 5.97 Å². The second kappa shape index (κ2) is 11.8. The zero-order valence-corrected chi connectivity index (χ0v) is 22.1. The number of piperidine rings is 1. The number of likely N-dealkylation sites (tertiary alicyclic amines) is 1. The molecule has 1 heterocycles. The molecule has 0 amide bonds. The van der Waals surface area contributed by atoms with Crippen molar-refractivity contribution in [1.29, 1.82) is 0 Å². The molecule has 0 spiro atoms. The van der Waals surface area contributed by atoms with Crippen LogP contribution in [0.3, 0.4) is 0 Å². The Balaban J connectivity index is 1.89. The molecule has 1 aliphatic heterocycles. The van der Waals surface area contributed by atoms with Gasteiger partial charge in [-0.3, -0.25) is 14.5 Å². The molecule has 0 saturated carbocycles. The van der Waals surface area contributed by atoms with Crippen molar-refractivity contribution in [1.82, 2.24) is 4.90 Å². The van der Waals surface area contributed by atoms with Crippen molar-refractivity contribution in [3.8, 4) is 0 Å². The van der Waals surface area contributed by atoms with Gasteiger partial charge in [-0.05, 0) is 76.1 Å². The molecule has 2 aromatic carbocycles. The Bertz CT molecular complexity index is 1090. The largest absolute Gasteiger partial charge is 0.459 e. The van der Waals surface area contributed by atoms with Crippen LogP contribution in [0.25, 0.3) is 10.8 Å². The summed E-state index contributed by atoms with van der Waals surface area (Å²) in [5, 5.41) is 1.83. The van der Waals surface area contributed by atoms with E-state index < -0.39 is 17.6 Å². The van der Waals surface area contributed by atoms with Gasteiger partial charge in [-0.1, -0.05) is 37.6 Å². The topological polar surface area (TPSA) is 102 Å². The smallest absolute Gasteiger partial charge is 0.347 e. The van der Waals surface area contributed by atoms with E-state index in [0.717, 1.165) is 55.1 Å². The number of esters is 1. The maximum atomic E-state index is 12.4. The zero-order valence-electron chi connectivity index (χ0n) is 22.1. The minimum Gasteiger partial charge on any atom is -0.459 e. The lowest BCUT2D eigenvalue weighted by Gasteiger charge is -2.34. The summed E-state index contributed by atoms with van der Waals surface area (Å²) in [6.07, 6.45) is 4.02. The zero-order chi connectivity index (χ0) is 26.5. The SMILES string of the molecule is CCCC(C(=O)ON)N(C)c1ccc(C2CCN(CC(=O)OC(C)(C)C)CC2)c2cccc(C=O)c12. The number of hydrogen-bond donors (Lipinski definition) is 1. The molecule has 0 radical (unpaired) electrons. The van der Waals surface area contributed by atoms with Gasteiger partial charge in [-0.25, -0.2) is 4.79 Å². The maximum Gasteiger partial charge on any atom is 0.347 e. The fraction of sp³-hybridized carbons (Fsp3) is 0.536. The van der Waals surface area contributed by atoms with Crippen molar-refractivity contribution in [2.24, 2.45) is 5.90 Å². The highest BCUT2D eigenvalue weighted by Gasteiger charge is 2.29. The van der Waals surface area contributed by atoms with Crippen molar-refractivity contribution >= 4 is 34.7 Å². The molecule has 1 saturated heterocycles. The Morgan fingerprint density at radius 1 is 1.19 bits per heavy atom. The Morgan fingerprint density at radius 2 is 1.89 bits per heavy atom. The van der Waals surface area contributed by atoms with Gasteiger partial charge in [-0.2, -0.15) is 5.90 Å². The Hall–Kier alpha value is -2.97. The van der Waals surface area contributed by atoms with Crippen LogP contribution in [0, 0.1) is 0 Å². The summed E-state index contributed by atoms with van der Waals surface area (Å²) in [6, 6.07) is 9.28. The van der Waals surface area contributed by atoms with Crippen LogP contribution in [0.4, 0.5) is 5.69 Å². The van der Waals surface area contributed by atoms with Crippen molar-refractivity contribution in [2.75, 3.05) is 31.6 Å². The first-order valence-electron chi connectivity index (χ1n) is 12.7. The van der Waals surface area contributed by atoms with Crippen LogP contribution in [0.2, 0.25) is 0 Å². The molecular weight excluding hydrogens is 458 g/mol. The minimum absolute atomic E-state index is 0.202. The summed E-state index contributed by atoms with van der Waals surface area (Å²) in [5.41, 5.74) is 2.06. The Labute approximate surface area is 213 Å². The number of hydrogen-bond acceptors (Lipinski definition) is 8. The quantitative estimate of drug-likeness (QED) is 0.313. The average Bonchev–Trinajstić information content (AvgIpc) is 2.84. The highest BCUT2D eigenvalue weighted by molar-refractivity contribution is 6.07. The van der Waals surface area contributed by atoms with Crippen molar-refractivity contribution in [3.05, 3.63) is 41.5 Å². The molecule has 1 atom stereocenters. The number of ether oxygens (including phenoxy) is 1. The van der Waals surface area contributed by atoms with E-state index in [1.807, 2.05) is 57.8 Å². The number of carbonyl (C=O) groups is 3. The second-order valence-corrected chi connectivity index (χ2v) is 10.6. The van der Waals surface area contributed by atoms with Crippen LogP contribution in [-0.2, 0) is 19.2 Å². The van der Waals surface area contributed by atoms with Gasteiger partial charge in [0, 0.05) is 23.7 Å². The number of nitrogens with zero attached hydrogens (tertiary/aromatic N) is 2. The molecule has 1 fully saturated rings. The molecule has 36 heavy (non-hydrogen) atoms. The first kappa shape index (κ1) is 27.6. The summed E-state index contributed by atoms with van der Waals surface area (Å²) < 4.78 is 5.47. The lowest BCUT2D eigenvalue weighted by atomic mass is 9.85. The normalized spacial score (nSPS) is 15.9. The van der Waals surface area contributed by atoms with E-state index >= 15 is 0 Å². The van der Waals surface area contributed by atoms with E-state index in [1.165, 1.54) is 5.56 Å². The number of rotatable bonds is 9. The Kier molecular flexibility index (Phi) is 9.08. The monoisotopic (exact) mass is 497 g/mol. The molecule has 196 valence electrons. The van der Waals surface area contributed by atoms with Gasteiger partial charge in [0.25, 0.3) is 0 Å². The molecule has 1 unspecified atom stereocenters. The van der Waals surface area contributed by atoms with E-state index in [0.29, 0.717) is 24.4 Å². The molecule has 0 aliphatic carbocycles. The molecule has 1 aliphatic rings. The molecule has 0 aromatic heterocycles. The van der Waals surface area contributed by atoms with Gasteiger partial charge < -0.3 is 14.5 Å². The first-order valence-corrected chi connectivity index (χ1v) is 12.7. The maximum absolute atomic E-state index is 12.4. The lowest BCUT2D eigenvalue weighted by molar-refractivity contribution is -0.156. The molecular formula is C28H39N3O5. The summed E-state index contributed by atoms with van der Waals surface area (Å²) in [5.74, 6) is 4.81. The lowest BCUT2D eigenvalue weighted by Crippen LogP contribution is -2.41. The number of benzene rings is 2. The van der Waals surface area contributed by atoms with Gasteiger partial charge in [0.2, 0.25) is 0 Å². The summed E-state index contributed by atoms with van der Waals surface area (Å²) in [4.78, 5) is 45.3. The van der Waals surface area contributed by atoms with Crippen molar-refractivity contribution in [3.63, 3.8) is 0 Å². The average molecular weight is 498 g/mol. The molecule has 0 bridgehead atoms. The van der Waals surface area contributed by atoms with E-state index in [9.17, 15) is 14.4 Å². The third kappa shape index (κ3) is 6.42. The second-order valence-electron chi connectivity index (χ2n) is 10.6. The van der Waals surface area contributed by atoms with Crippen LogP contribution in [-0.4, -0.2) is 61.4 Å². The molecule has 3 rings (SSSR count). The fourth-order valence-corrected chi connectivity index (χ4v) is 5.13. The highest BCUT2D eigenvalue weighted by Crippen LogP contribution is 2.39. The van der Waals surface area contributed by atoms with Crippen LogP contribution in [0.5, 0.6) is 0 Å². The predicted octanol–water partition coefficient (Wildman–Crippen LogP) is 4.20. The summed E-state index contributed by atoms with van der Waals surface area (Å²) in [7, 11) is 1.84. The third-order valence-electron chi connectivity index (χ3n) is 6.81. The number of nitrogens with two attached hydrogens (primary N) is 1. The number of anilines is 1. The minimum atomic E-state index is -0.551. The van der Waals surface area contributed by atoms with Crippen molar-refractivity contribution < 1.29 is 24.0 Å². The van der Waals surface area contributed by atoms with Crippen LogP contribution in [0.15, 0.2) is 30.3 Å². The van der Waals surface area contributed by atoms with Gasteiger partial charge >= 0.3 is 11.9 Å². The number of aldehydes is 1. The molecule has 2 N–H and O–H groups in total. The van der Waals surface area contributed by atoms with E-state index in [1.54, 1.807) is 6.07 Å². The number of fused-ring (bicyclic) bond motifs is 1. The fourth-order valence-electron chi connectivity index (χ4n) is 5.13. The van der Waals surface area contributed by atoms with Crippen molar-refractivity contribution in [2.45, 2.75) is 70.9 Å². The van der Waals surface area contributed by atoms with Crippen LogP contribution >= 0.6 is 0 Å².